The minimum absolute atomic E-state index is 0.127. The fourth-order valence-corrected chi connectivity index (χ4v) is 2.43. The van der Waals surface area contributed by atoms with Gasteiger partial charge in [0.05, 0.1) is 6.54 Å². The van der Waals surface area contributed by atoms with E-state index in [1.165, 1.54) is 0 Å². The molecule has 3 N–H and O–H groups in total. The van der Waals surface area contributed by atoms with Crippen LogP contribution < -0.4 is 16.0 Å². The highest BCUT2D eigenvalue weighted by molar-refractivity contribution is 5.97. The summed E-state index contributed by atoms with van der Waals surface area (Å²) in [4.78, 5) is 37.4. The molecule has 22 heavy (non-hydrogen) atoms. The summed E-state index contributed by atoms with van der Waals surface area (Å²) in [7, 11) is 0. The maximum absolute atomic E-state index is 12.5. The Hall–Kier alpha value is -2.41. The van der Waals surface area contributed by atoms with Crippen LogP contribution >= 0.6 is 0 Å². The molecule has 118 valence electrons. The molecule has 0 saturated carbocycles. The third kappa shape index (κ3) is 4.05. The Labute approximate surface area is 129 Å². The standard InChI is InChI=1S/C15H20N4O3/c1-2-16-15(22)18-14(21)13(11-6-4-3-5-7-11)19-9-8-17-12(20)10-19/h3-7,13H,2,8-10H2,1H3,(H,17,20)(H2,16,18,21,22)/t13-/m0/s1. The van der Waals surface area contributed by atoms with E-state index in [1.54, 1.807) is 11.8 Å². The van der Waals surface area contributed by atoms with Crippen LogP contribution in [-0.4, -0.2) is 48.9 Å². The lowest BCUT2D eigenvalue weighted by Crippen LogP contribution is -2.53. The lowest BCUT2D eigenvalue weighted by molar-refractivity contribution is -0.130. The summed E-state index contributed by atoms with van der Waals surface area (Å²) < 4.78 is 0. The molecule has 1 aliphatic heterocycles. The number of rotatable bonds is 4. The van der Waals surface area contributed by atoms with Crippen molar-refractivity contribution in [3.8, 4) is 0 Å². The highest BCUT2D eigenvalue weighted by Gasteiger charge is 2.31. The van der Waals surface area contributed by atoms with Gasteiger partial charge in [-0.3, -0.25) is 19.8 Å². The molecule has 0 aliphatic carbocycles. The van der Waals surface area contributed by atoms with Gasteiger partial charge in [-0.1, -0.05) is 30.3 Å². The highest BCUT2D eigenvalue weighted by Crippen LogP contribution is 2.21. The Morgan fingerprint density at radius 2 is 2.05 bits per heavy atom. The van der Waals surface area contributed by atoms with Crippen molar-refractivity contribution in [1.82, 2.24) is 20.9 Å². The van der Waals surface area contributed by atoms with E-state index in [0.717, 1.165) is 5.56 Å². The Kier molecular flexibility index (Phi) is 5.48. The van der Waals surface area contributed by atoms with Crippen LogP contribution in [0.4, 0.5) is 4.79 Å². The number of urea groups is 1. The smallest absolute Gasteiger partial charge is 0.321 e. The van der Waals surface area contributed by atoms with E-state index in [4.69, 9.17) is 0 Å². The van der Waals surface area contributed by atoms with Gasteiger partial charge in [-0.15, -0.1) is 0 Å². The van der Waals surface area contributed by atoms with Crippen molar-refractivity contribution in [2.45, 2.75) is 13.0 Å². The van der Waals surface area contributed by atoms with E-state index in [1.807, 2.05) is 30.3 Å². The molecule has 4 amide bonds. The summed E-state index contributed by atoms with van der Waals surface area (Å²) in [5, 5.41) is 7.58. The number of carbonyl (C=O) groups excluding carboxylic acids is 3. The van der Waals surface area contributed by atoms with Crippen LogP contribution in [0, 0.1) is 0 Å². The number of nitrogens with one attached hydrogen (secondary N) is 3. The van der Waals surface area contributed by atoms with Gasteiger partial charge in [-0.25, -0.2) is 4.79 Å². The lowest BCUT2D eigenvalue weighted by Gasteiger charge is -2.33. The molecule has 1 aromatic rings. The summed E-state index contributed by atoms with van der Waals surface area (Å²) in [6, 6.07) is 7.93. The predicted molar refractivity (Wildman–Crippen MR) is 81.0 cm³/mol. The number of piperazine rings is 1. The summed E-state index contributed by atoms with van der Waals surface area (Å²) in [5.41, 5.74) is 0.749. The number of carbonyl (C=O) groups is 3. The lowest BCUT2D eigenvalue weighted by atomic mass is 10.0. The molecule has 1 saturated heterocycles. The molecule has 7 heteroatoms. The molecule has 1 atom stereocenters. The van der Waals surface area contributed by atoms with Crippen LogP contribution in [-0.2, 0) is 9.59 Å². The third-order valence-corrected chi connectivity index (χ3v) is 3.37. The Balaban J connectivity index is 2.19. The molecule has 1 fully saturated rings. The van der Waals surface area contributed by atoms with Gasteiger partial charge < -0.3 is 10.6 Å². The zero-order valence-electron chi connectivity index (χ0n) is 12.5. The zero-order chi connectivity index (χ0) is 15.9. The molecule has 2 rings (SSSR count). The molecule has 0 aromatic heterocycles. The van der Waals surface area contributed by atoms with Gasteiger partial charge >= 0.3 is 6.03 Å². The predicted octanol–water partition coefficient (Wildman–Crippen LogP) is 0.00520. The fourth-order valence-electron chi connectivity index (χ4n) is 2.43. The van der Waals surface area contributed by atoms with Crippen molar-refractivity contribution in [1.29, 1.82) is 0 Å². The topological polar surface area (TPSA) is 90.5 Å². The average Bonchev–Trinajstić information content (AvgIpc) is 2.49. The molecule has 1 aliphatic rings. The second-order valence-corrected chi connectivity index (χ2v) is 4.98. The average molecular weight is 304 g/mol. The first-order chi connectivity index (χ1) is 10.6. The van der Waals surface area contributed by atoms with E-state index in [2.05, 4.69) is 16.0 Å². The van der Waals surface area contributed by atoms with Gasteiger partial charge in [-0.2, -0.15) is 0 Å². The monoisotopic (exact) mass is 304 g/mol. The Bertz CT molecular complexity index is 547. The van der Waals surface area contributed by atoms with Gasteiger partial charge in [-0.05, 0) is 12.5 Å². The minimum Gasteiger partial charge on any atom is -0.354 e. The van der Waals surface area contributed by atoms with Crippen molar-refractivity contribution >= 4 is 17.8 Å². The quantitative estimate of drug-likeness (QED) is 0.730. The van der Waals surface area contributed by atoms with Gasteiger partial charge in [0.25, 0.3) is 0 Å². The van der Waals surface area contributed by atoms with Crippen LogP contribution in [0.5, 0.6) is 0 Å². The maximum atomic E-state index is 12.5. The first-order valence-electron chi connectivity index (χ1n) is 7.26. The largest absolute Gasteiger partial charge is 0.354 e. The van der Waals surface area contributed by atoms with Crippen molar-refractivity contribution in [2.75, 3.05) is 26.2 Å². The van der Waals surface area contributed by atoms with Crippen molar-refractivity contribution < 1.29 is 14.4 Å². The highest BCUT2D eigenvalue weighted by atomic mass is 16.2. The summed E-state index contributed by atoms with van der Waals surface area (Å²) >= 11 is 0. The first-order valence-corrected chi connectivity index (χ1v) is 7.26. The van der Waals surface area contributed by atoms with E-state index in [9.17, 15) is 14.4 Å². The fraction of sp³-hybridized carbons (Fsp3) is 0.400. The van der Waals surface area contributed by atoms with Crippen molar-refractivity contribution in [2.24, 2.45) is 0 Å². The number of hydrogen-bond acceptors (Lipinski definition) is 4. The number of hydrogen-bond donors (Lipinski definition) is 3. The second kappa shape index (κ2) is 7.56. The number of nitrogens with zero attached hydrogens (tertiary/aromatic N) is 1. The van der Waals surface area contributed by atoms with Gasteiger partial charge in [0.15, 0.2) is 0 Å². The molecule has 0 bridgehead atoms. The normalized spacial score (nSPS) is 16.5. The first kappa shape index (κ1) is 16.0. The SMILES string of the molecule is CCNC(=O)NC(=O)[C@H](c1ccccc1)N1CCNC(=O)C1. The van der Waals surface area contributed by atoms with E-state index < -0.39 is 18.0 Å². The van der Waals surface area contributed by atoms with E-state index in [0.29, 0.717) is 19.6 Å². The van der Waals surface area contributed by atoms with E-state index in [-0.39, 0.29) is 12.5 Å². The van der Waals surface area contributed by atoms with Crippen LogP contribution in [0.1, 0.15) is 18.5 Å². The second-order valence-electron chi connectivity index (χ2n) is 4.98. The van der Waals surface area contributed by atoms with Crippen LogP contribution in [0.3, 0.4) is 0 Å². The van der Waals surface area contributed by atoms with Crippen molar-refractivity contribution in [3.05, 3.63) is 35.9 Å². The maximum Gasteiger partial charge on any atom is 0.321 e. The Morgan fingerprint density at radius 3 is 2.68 bits per heavy atom. The summed E-state index contributed by atoms with van der Waals surface area (Å²) in [6.45, 7) is 3.36. The Morgan fingerprint density at radius 1 is 1.32 bits per heavy atom. The summed E-state index contributed by atoms with van der Waals surface area (Å²) in [6.07, 6.45) is 0. The molecule has 1 heterocycles. The number of benzene rings is 1. The third-order valence-electron chi connectivity index (χ3n) is 3.37. The number of amides is 4. The van der Waals surface area contributed by atoms with Crippen LogP contribution in [0.15, 0.2) is 30.3 Å². The molecule has 0 unspecified atom stereocenters. The molecule has 7 nitrogen and oxygen atoms in total. The molecular weight excluding hydrogens is 284 g/mol. The van der Waals surface area contributed by atoms with Gasteiger partial charge in [0, 0.05) is 19.6 Å². The van der Waals surface area contributed by atoms with Gasteiger partial charge in [0.2, 0.25) is 11.8 Å². The minimum atomic E-state index is -0.671. The molecule has 1 aromatic carbocycles. The summed E-state index contributed by atoms with van der Waals surface area (Å²) in [5.74, 6) is -0.565. The van der Waals surface area contributed by atoms with Crippen molar-refractivity contribution in [3.63, 3.8) is 0 Å². The van der Waals surface area contributed by atoms with Gasteiger partial charge in [0.1, 0.15) is 6.04 Å². The zero-order valence-corrected chi connectivity index (χ0v) is 12.5. The van der Waals surface area contributed by atoms with Crippen LogP contribution in [0.2, 0.25) is 0 Å². The van der Waals surface area contributed by atoms with E-state index >= 15 is 0 Å². The molecular formula is C15H20N4O3. The van der Waals surface area contributed by atoms with Crippen LogP contribution in [0.25, 0.3) is 0 Å². The number of imide groups is 1. The molecule has 0 radical (unpaired) electrons. The molecule has 0 spiro atoms.